The molecule has 112 valence electrons. The van der Waals surface area contributed by atoms with E-state index in [0.717, 1.165) is 31.0 Å². The van der Waals surface area contributed by atoms with Gasteiger partial charge in [0.05, 0.1) is 0 Å². The zero-order valence-corrected chi connectivity index (χ0v) is 12.5. The lowest BCUT2D eigenvalue weighted by Gasteiger charge is -2.41. The molecule has 21 heavy (non-hydrogen) atoms. The molecule has 1 fully saturated rings. The first-order chi connectivity index (χ1) is 10.2. The predicted molar refractivity (Wildman–Crippen MR) is 88.3 cm³/mol. The second kappa shape index (κ2) is 7.55. The van der Waals surface area contributed by atoms with E-state index >= 15 is 0 Å². The third kappa shape index (κ3) is 4.39. The Bertz CT molecular complexity index is 513. The second-order valence-electron chi connectivity index (χ2n) is 5.18. The summed E-state index contributed by atoms with van der Waals surface area (Å²) >= 11 is 0. The number of nitrogens with two attached hydrogens (primary N) is 1. The maximum absolute atomic E-state index is 5.54. The van der Waals surface area contributed by atoms with Crippen molar-refractivity contribution in [2.75, 3.05) is 20.1 Å². The maximum Gasteiger partial charge on any atom is 0.0418 e. The average molecular weight is 284 g/mol. The highest BCUT2D eigenvalue weighted by molar-refractivity contribution is 5.29. The number of nitrogens with one attached hydrogen (secondary N) is 2. The minimum atomic E-state index is 0.560. The molecule has 1 aliphatic rings. The molecule has 0 aromatic heterocycles. The topological polar surface area (TPSA) is 53.3 Å². The smallest absolute Gasteiger partial charge is 0.0418 e. The summed E-state index contributed by atoms with van der Waals surface area (Å²) in [6.07, 6.45) is 5.53. The molecule has 0 aliphatic carbocycles. The molecular weight excluding hydrogens is 260 g/mol. The summed E-state index contributed by atoms with van der Waals surface area (Å²) in [5.74, 6) is 0. The van der Waals surface area contributed by atoms with Crippen LogP contribution >= 0.6 is 0 Å². The fourth-order valence-electron chi connectivity index (χ4n) is 2.26. The Morgan fingerprint density at radius 3 is 2.71 bits per heavy atom. The van der Waals surface area contributed by atoms with Gasteiger partial charge >= 0.3 is 0 Å². The van der Waals surface area contributed by atoms with Gasteiger partial charge in [-0.25, -0.2) is 0 Å². The van der Waals surface area contributed by atoms with Crippen molar-refractivity contribution in [2.45, 2.75) is 12.6 Å². The van der Waals surface area contributed by atoms with E-state index < -0.39 is 0 Å². The van der Waals surface area contributed by atoms with Crippen LogP contribution in [0.4, 0.5) is 0 Å². The quantitative estimate of drug-likeness (QED) is 0.665. The molecule has 4 nitrogen and oxygen atoms in total. The zero-order chi connectivity index (χ0) is 15.1. The largest absolute Gasteiger partial charge is 0.405 e. The van der Waals surface area contributed by atoms with Gasteiger partial charge in [-0.15, -0.1) is 0 Å². The molecule has 4 N–H and O–H groups in total. The molecule has 1 aromatic rings. The number of allylic oxidation sites excluding steroid dienone is 2. The SMILES string of the molecule is C=C(/C=C(\C=C/N)N1CC(NC)C1)NCc1ccccc1. The molecule has 1 aromatic carbocycles. The predicted octanol–water partition coefficient (Wildman–Crippen LogP) is 1.55. The standard InChI is InChI=1S/C17H24N4/c1-14(20-11-15-6-4-3-5-7-15)10-17(8-9-18)21-12-16(13-21)19-2/h3-10,16,19-20H,1,11-13,18H2,2H3/b9-8-,17-10+. The molecule has 4 heteroatoms. The van der Waals surface area contributed by atoms with Gasteiger partial charge < -0.3 is 21.3 Å². The Hall–Kier alpha value is -2.20. The highest BCUT2D eigenvalue weighted by atomic mass is 15.2. The number of likely N-dealkylation sites (tertiary alicyclic amines) is 1. The van der Waals surface area contributed by atoms with Gasteiger partial charge in [-0.1, -0.05) is 36.9 Å². The van der Waals surface area contributed by atoms with E-state index in [2.05, 4.69) is 34.2 Å². The van der Waals surface area contributed by atoms with Gasteiger partial charge in [0.25, 0.3) is 0 Å². The number of likely N-dealkylation sites (N-methyl/N-ethyl adjacent to an activating group) is 1. The molecule has 0 bridgehead atoms. The minimum Gasteiger partial charge on any atom is -0.405 e. The Morgan fingerprint density at radius 1 is 1.38 bits per heavy atom. The van der Waals surface area contributed by atoms with Crippen LogP contribution in [-0.4, -0.2) is 31.1 Å². The van der Waals surface area contributed by atoms with Gasteiger partial charge in [0, 0.05) is 37.1 Å². The highest BCUT2D eigenvalue weighted by Gasteiger charge is 2.25. The van der Waals surface area contributed by atoms with Crippen LogP contribution in [0.2, 0.25) is 0 Å². The molecule has 0 spiro atoms. The van der Waals surface area contributed by atoms with Crippen molar-refractivity contribution in [1.29, 1.82) is 0 Å². The van der Waals surface area contributed by atoms with Gasteiger partial charge in [0.15, 0.2) is 0 Å². The van der Waals surface area contributed by atoms with E-state index in [-0.39, 0.29) is 0 Å². The van der Waals surface area contributed by atoms with Crippen molar-refractivity contribution < 1.29 is 0 Å². The number of hydrogen-bond donors (Lipinski definition) is 3. The molecule has 1 heterocycles. The van der Waals surface area contributed by atoms with Crippen molar-refractivity contribution in [2.24, 2.45) is 5.73 Å². The zero-order valence-electron chi connectivity index (χ0n) is 12.5. The van der Waals surface area contributed by atoms with Gasteiger partial charge in [-0.2, -0.15) is 0 Å². The minimum absolute atomic E-state index is 0.560. The number of rotatable bonds is 7. The molecule has 1 saturated heterocycles. The summed E-state index contributed by atoms with van der Waals surface area (Å²) in [6, 6.07) is 10.8. The Morgan fingerprint density at radius 2 is 2.10 bits per heavy atom. The van der Waals surface area contributed by atoms with Crippen molar-refractivity contribution in [3.63, 3.8) is 0 Å². The monoisotopic (exact) mass is 284 g/mol. The highest BCUT2D eigenvalue weighted by Crippen LogP contribution is 2.17. The van der Waals surface area contributed by atoms with Gasteiger partial charge in [-0.05, 0) is 31.0 Å². The van der Waals surface area contributed by atoms with Gasteiger partial charge in [-0.3, -0.25) is 0 Å². The van der Waals surface area contributed by atoms with E-state index in [1.54, 1.807) is 6.20 Å². The Kier molecular flexibility index (Phi) is 5.46. The van der Waals surface area contributed by atoms with E-state index in [0.29, 0.717) is 6.04 Å². The molecule has 0 saturated carbocycles. The molecule has 0 unspecified atom stereocenters. The summed E-state index contributed by atoms with van der Waals surface area (Å²) in [4.78, 5) is 2.28. The van der Waals surface area contributed by atoms with E-state index in [1.165, 1.54) is 5.56 Å². The van der Waals surface area contributed by atoms with Crippen LogP contribution < -0.4 is 16.4 Å². The fraction of sp³-hybridized carbons (Fsp3) is 0.294. The van der Waals surface area contributed by atoms with Gasteiger partial charge in [0.2, 0.25) is 0 Å². The normalized spacial score (nSPS) is 16.0. The number of hydrogen-bond acceptors (Lipinski definition) is 4. The van der Waals surface area contributed by atoms with Crippen LogP contribution in [0.25, 0.3) is 0 Å². The van der Waals surface area contributed by atoms with Crippen molar-refractivity contribution >= 4 is 0 Å². The summed E-state index contributed by atoms with van der Waals surface area (Å²) in [5, 5.41) is 6.59. The first-order valence-corrected chi connectivity index (χ1v) is 7.22. The van der Waals surface area contributed by atoms with E-state index in [1.807, 2.05) is 37.4 Å². The van der Waals surface area contributed by atoms with E-state index in [4.69, 9.17) is 5.73 Å². The summed E-state index contributed by atoms with van der Waals surface area (Å²) < 4.78 is 0. The average Bonchev–Trinajstić information content (AvgIpc) is 2.45. The summed E-state index contributed by atoms with van der Waals surface area (Å²) in [5.41, 5.74) is 8.76. The fourth-order valence-corrected chi connectivity index (χ4v) is 2.26. The first kappa shape index (κ1) is 15.2. The lowest BCUT2D eigenvalue weighted by Crippen LogP contribution is -2.56. The van der Waals surface area contributed by atoms with Crippen LogP contribution in [0.1, 0.15) is 5.56 Å². The van der Waals surface area contributed by atoms with Crippen molar-refractivity contribution in [3.05, 3.63) is 72.2 Å². The molecular formula is C17H24N4. The Balaban J connectivity index is 1.90. The third-order valence-corrected chi connectivity index (χ3v) is 3.61. The van der Waals surface area contributed by atoms with Crippen LogP contribution in [0.5, 0.6) is 0 Å². The molecule has 2 rings (SSSR count). The van der Waals surface area contributed by atoms with Crippen LogP contribution in [0.15, 0.2) is 66.7 Å². The van der Waals surface area contributed by atoms with Crippen LogP contribution in [-0.2, 0) is 6.54 Å². The summed E-state index contributed by atoms with van der Waals surface area (Å²) in [7, 11) is 1.99. The van der Waals surface area contributed by atoms with Crippen molar-refractivity contribution in [3.8, 4) is 0 Å². The van der Waals surface area contributed by atoms with Gasteiger partial charge in [0.1, 0.15) is 0 Å². The lowest BCUT2D eigenvalue weighted by atomic mass is 10.1. The summed E-state index contributed by atoms with van der Waals surface area (Å²) in [6.45, 7) is 6.84. The van der Waals surface area contributed by atoms with E-state index in [9.17, 15) is 0 Å². The number of nitrogens with zero attached hydrogens (tertiary/aromatic N) is 1. The van der Waals surface area contributed by atoms with Crippen LogP contribution in [0, 0.1) is 0 Å². The molecule has 0 radical (unpaired) electrons. The lowest BCUT2D eigenvalue weighted by molar-refractivity contribution is 0.183. The molecule has 0 atom stereocenters. The first-order valence-electron chi connectivity index (χ1n) is 7.22. The Labute approximate surface area is 127 Å². The van der Waals surface area contributed by atoms with Crippen molar-refractivity contribution in [1.82, 2.24) is 15.5 Å². The third-order valence-electron chi connectivity index (χ3n) is 3.61. The number of benzene rings is 1. The molecule has 1 aliphatic heterocycles. The molecule has 0 amide bonds. The second-order valence-corrected chi connectivity index (χ2v) is 5.18. The van der Waals surface area contributed by atoms with Crippen LogP contribution in [0.3, 0.4) is 0 Å². The maximum atomic E-state index is 5.54.